The standard InChI is InChI=1S/C19H18BrN/c1-12-10-18(20)13(2)9-17(12)19(21)16-8-7-14-5-3-4-6-15(14)11-16/h3-11,19H,21H2,1-2H3. The maximum absolute atomic E-state index is 6.51. The molecule has 0 radical (unpaired) electrons. The summed E-state index contributed by atoms with van der Waals surface area (Å²) in [4.78, 5) is 0. The predicted molar refractivity (Wildman–Crippen MR) is 93.6 cm³/mol. The summed E-state index contributed by atoms with van der Waals surface area (Å²) in [6.45, 7) is 4.21. The van der Waals surface area contributed by atoms with Gasteiger partial charge in [-0.2, -0.15) is 0 Å². The Labute approximate surface area is 133 Å². The molecule has 0 spiro atoms. The zero-order valence-corrected chi connectivity index (χ0v) is 13.8. The number of hydrogen-bond donors (Lipinski definition) is 1. The van der Waals surface area contributed by atoms with Crippen LogP contribution in [-0.2, 0) is 0 Å². The SMILES string of the molecule is Cc1cc(C(N)c2ccc3ccccc3c2)c(C)cc1Br. The smallest absolute Gasteiger partial charge is 0.0554 e. The van der Waals surface area contributed by atoms with Gasteiger partial charge >= 0.3 is 0 Å². The fourth-order valence-corrected chi connectivity index (χ4v) is 3.18. The molecule has 2 N–H and O–H groups in total. The molecule has 3 aromatic rings. The van der Waals surface area contributed by atoms with Crippen LogP contribution >= 0.6 is 15.9 Å². The molecule has 106 valence electrons. The molecule has 0 aliphatic carbocycles. The van der Waals surface area contributed by atoms with E-state index in [1.54, 1.807) is 0 Å². The van der Waals surface area contributed by atoms with E-state index >= 15 is 0 Å². The number of benzene rings is 3. The van der Waals surface area contributed by atoms with Gasteiger partial charge in [0.25, 0.3) is 0 Å². The molecule has 0 amide bonds. The maximum atomic E-state index is 6.51. The first-order valence-electron chi connectivity index (χ1n) is 7.07. The van der Waals surface area contributed by atoms with Crippen LogP contribution in [0.25, 0.3) is 10.8 Å². The zero-order chi connectivity index (χ0) is 15.0. The van der Waals surface area contributed by atoms with Crippen molar-refractivity contribution in [3.05, 3.63) is 81.3 Å². The lowest BCUT2D eigenvalue weighted by Gasteiger charge is -2.17. The fraction of sp³-hybridized carbons (Fsp3) is 0.158. The highest BCUT2D eigenvalue weighted by atomic mass is 79.9. The Hall–Kier alpha value is -1.64. The van der Waals surface area contributed by atoms with Gasteiger partial charge in [-0.05, 0) is 59.0 Å². The van der Waals surface area contributed by atoms with Crippen molar-refractivity contribution in [3.63, 3.8) is 0 Å². The summed E-state index contributed by atoms with van der Waals surface area (Å²) in [6, 6.07) is 19.1. The lowest BCUT2D eigenvalue weighted by atomic mass is 9.93. The van der Waals surface area contributed by atoms with Crippen molar-refractivity contribution in [2.24, 2.45) is 5.73 Å². The number of nitrogens with two attached hydrogens (primary N) is 1. The van der Waals surface area contributed by atoms with Crippen molar-refractivity contribution in [2.45, 2.75) is 19.9 Å². The molecule has 1 unspecified atom stereocenters. The predicted octanol–water partition coefficient (Wildman–Crippen LogP) is 5.27. The highest BCUT2D eigenvalue weighted by molar-refractivity contribution is 9.10. The largest absolute Gasteiger partial charge is 0.320 e. The third-order valence-corrected chi connectivity index (χ3v) is 4.87. The molecular weight excluding hydrogens is 322 g/mol. The molecule has 1 nitrogen and oxygen atoms in total. The second-order valence-corrected chi connectivity index (χ2v) is 6.40. The van der Waals surface area contributed by atoms with Crippen molar-refractivity contribution < 1.29 is 0 Å². The van der Waals surface area contributed by atoms with Crippen LogP contribution < -0.4 is 5.73 Å². The average molecular weight is 340 g/mol. The Kier molecular flexibility index (Phi) is 3.83. The normalized spacial score (nSPS) is 12.6. The number of halogens is 1. The Morgan fingerprint density at radius 3 is 2.33 bits per heavy atom. The van der Waals surface area contributed by atoms with Gasteiger partial charge in [-0.3, -0.25) is 0 Å². The summed E-state index contributed by atoms with van der Waals surface area (Å²) < 4.78 is 1.13. The van der Waals surface area contributed by atoms with Crippen LogP contribution in [0.2, 0.25) is 0 Å². The molecule has 0 heterocycles. The third-order valence-electron chi connectivity index (χ3n) is 4.01. The highest BCUT2D eigenvalue weighted by Crippen LogP contribution is 2.29. The molecule has 0 aliphatic heterocycles. The number of fused-ring (bicyclic) bond motifs is 1. The second kappa shape index (κ2) is 5.63. The first-order chi connectivity index (χ1) is 10.1. The van der Waals surface area contributed by atoms with E-state index in [-0.39, 0.29) is 6.04 Å². The Balaban J connectivity index is 2.07. The Morgan fingerprint density at radius 2 is 1.57 bits per heavy atom. The summed E-state index contributed by atoms with van der Waals surface area (Å²) in [5, 5.41) is 2.48. The van der Waals surface area contributed by atoms with E-state index in [0.29, 0.717) is 0 Å². The van der Waals surface area contributed by atoms with E-state index in [2.05, 4.69) is 84.4 Å². The molecule has 3 rings (SSSR count). The summed E-state index contributed by atoms with van der Waals surface area (Å²) in [5.74, 6) is 0. The molecule has 21 heavy (non-hydrogen) atoms. The van der Waals surface area contributed by atoms with Gasteiger partial charge < -0.3 is 5.73 Å². The molecule has 0 saturated heterocycles. The highest BCUT2D eigenvalue weighted by Gasteiger charge is 2.13. The van der Waals surface area contributed by atoms with E-state index < -0.39 is 0 Å². The lowest BCUT2D eigenvalue weighted by molar-refractivity contribution is 0.861. The van der Waals surface area contributed by atoms with Crippen molar-refractivity contribution in [1.29, 1.82) is 0 Å². The first-order valence-corrected chi connectivity index (χ1v) is 7.86. The molecule has 0 fully saturated rings. The van der Waals surface area contributed by atoms with Gasteiger partial charge in [-0.1, -0.05) is 58.4 Å². The number of rotatable bonds is 2. The minimum Gasteiger partial charge on any atom is -0.320 e. The maximum Gasteiger partial charge on any atom is 0.0554 e. The van der Waals surface area contributed by atoms with Gasteiger partial charge in [-0.15, -0.1) is 0 Å². The van der Waals surface area contributed by atoms with E-state index in [1.165, 1.54) is 27.5 Å². The van der Waals surface area contributed by atoms with E-state index in [4.69, 9.17) is 5.73 Å². The van der Waals surface area contributed by atoms with E-state index in [9.17, 15) is 0 Å². The van der Waals surface area contributed by atoms with E-state index in [1.807, 2.05) is 0 Å². The van der Waals surface area contributed by atoms with Crippen LogP contribution in [0, 0.1) is 13.8 Å². The Bertz CT molecular complexity index is 808. The van der Waals surface area contributed by atoms with Crippen LogP contribution in [0.4, 0.5) is 0 Å². The zero-order valence-electron chi connectivity index (χ0n) is 12.2. The minimum absolute atomic E-state index is 0.0959. The molecular formula is C19H18BrN. The second-order valence-electron chi connectivity index (χ2n) is 5.54. The van der Waals surface area contributed by atoms with Gasteiger partial charge in [-0.25, -0.2) is 0 Å². The molecule has 0 aliphatic rings. The van der Waals surface area contributed by atoms with Crippen LogP contribution in [0.5, 0.6) is 0 Å². The van der Waals surface area contributed by atoms with Gasteiger partial charge in [0, 0.05) is 4.47 Å². The minimum atomic E-state index is -0.0959. The molecule has 0 aromatic heterocycles. The average Bonchev–Trinajstić information content (AvgIpc) is 2.50. The van der Waals surface area contributed by atoms with Gasteiger partial charge in [0.05, 0.1) is 6.04 Å². The van der Waals surface area contributed by atoms with Crippen LogP contribution in [0.1, 0.15) is 28.3 Å². The van der Waals surface area contributed by atoms with Crippen LogP contribution in [0.15, 0.2) is 59.1 Å². The quantitative estimate of drug-likeness (QED) is 0.676. The number of hydrogen-bond acceptors (Lipinski definition) is 1. The fourth-order valence-electron chi connectivity index (χ4n) is 2.72. The topological polar surface area (TPSA) is 26.0 Å². The summed E-state index contributed by atoms with van der Waals surface area (Å²) in [7, 11) is 0. The van der Waals surface area contributed by atoms with Crippen molar-refractivity contribution >= 4 is 26.7 Å². The third kappa shape index (κ3) is 2.74. The van der Waals surface area contributed by atoms with E-state index in [0.717, 1.165) is 10.0 Å². The van der Waals surface area contributed by atoms with Crippen molar-refractivity contribution in [3.8, 4) is 0 Å². The first kappa shape index (κ1) is 14.3. The van der Waals surface area contributed by atoms with Crippen molar-refractivity contribution in [2.75, 3.05) is 0 Å². The molecule has 0 saturated carbocycles. The molecule has 1 atom stereocenters. The number of aryl methyl sites for hydroxylation is 2. The van der Waals surface area contributed by atoms with Gasteiger partial charge in [0.15, 0.2) is 0 Å². The summed E-state index contributed by atoms with van der Waals surface area (Å²) >= 11 is 3.58. The summed E-state index contributed by atoms with van der Waals surface area (Å²) in [5.41, 5.74) is 11.3. The molecule has 3 aromatic carbocycles. The summed E-state index contributed by atoms with van der Waals surface area (Å²) in [6.07, 6.45) is 0. The Morgan fingerprint density at radius 1 is 0.857 bits per heavy atom. The lowest BCUT2D eigenvalue weighted by Crippen LogP contribution is -2.13. The monoisotopic (exact) mass is 339 g/mol. The van der Waals surface area contributed by atoms with Crippen LogP contribution in [0.3, 0.4) is 0 Å². The van der Waals surface area contributed by atoms with Gasteiger partial charge in [0.1, 0.15) is 0 Å². The van der Waals surface area contributed by atoms with Crippen LogP contribution in [-0.4, -0.2) is 0 Å². The molecule has 2 heteroatoms. The van der Waals surface area contributed by atoms with Crippen molar-refractivity contribution in [1.82, 2.24) is 0 Å². The van der Waals surface area contributed by atoms with Gasteiger partial charge in [0.2, 0.25) is 0 Å². The molecule has 0 bridgehead atoms.